The maximum Gasteiger partial charge on any atom is 0.407 e. The number of sulfonamides is 1. The first-order chi connectivity index (χ1) is 18.7. The fraction of sp³-hybridized carbons (Fsp3) is 0.593. The Morgan fingerprint density at radius 2 is 1.85 bits per heavy atom. The number of nitrogens with zero attached hydrogens (tertiary/aromatic N) is 1. The van der Waals surface area contributed by atoms with Crippen LogP contribution in [0.1, 0.15) is 77.6 Å². The summed E-state index contributed by atoms with van der Waals surface area (Å²) in [5.74, 6) is 0.611. The Balaban J connectivity index is 1.76. The Labute approximate surface area is 240 Å². The highest BCUT2D eigenvalue weighted by Gasteiger charge is 2.29. The van der Waals surface area contributed by atoms with Gasteiger partial charge in [0.25, 0.3) is 0 Å². The predicted octanol–water partition coefficient (Wildman–Crippen LogP) is 4.91. The lowest BCUT2D eigenvalue weighted by Gasteiger charge is -2.28. The number of aromatic nitrogens is 1. The summed E-state index contributed by atoms with van der Waals surface area (Å²) >= 11 is 1.48. The number of nitrogens with two attached hydrogens (primary N) is 1. The smallest absolute Gasteiger partial charge is 0.407 e. The summed E-state index contributed by atoms with van der Waals surface area (Å²) < 4.78 is 45.2. The van der Waals surface area contributed by atoms with E-state index in [9.17, 15) is 18.0 Å². The van der Waals surface area contributed by atoms with Crippen molar-refractivity contribution in [2.24, 2.45) is 5.73 Å². The molecule has 1 heterocycles. The van der Waals surface area contributed by atoms with Crippen LogP contribution in [0.5, 0.6) is 5.75 Å². The maximum atomic E-state index is 13.4. The number of amides is 2. The molecular weight excluding hydrogens is 556 g/mol. The summed E-state index contributed by atoms with van der Waals surface area (Å²) in [4.78, 5) is 28.2. The van der Waals surface area contributed by atoms with Gasteiger partial charge in [0, 0.05) is 41.7 Å². The Hall–Kier alpha value is -2.90. The lowest BCUT2D eigenvalue weighted by Crippen LogP contribution is -2.40. The molecule has 1 aromatic heterocycles. The summed E-state index contributed by atoms with van der Waals surface area (Å²) in [7, 11) is -3.90. The average molecular weight is 597 g/mol. The van der Waals surface area contributed by atoms with E-state index in [1.165, 1.54) is 17.4 Å². The number of primary amides is 1. The van der Waals surface area contributed by atoms with Crippen molar-refractivity contribution in [3.63, 3.8) is 0 Å². The molecule has 1 aromatic carbocycles. The largest absolute Gasteiger partial charge is 0.493 e. The Morgan fingerprint density at radius 3 is 2.48 bits per heavy atom. The fourth-order valence-electron chi connectivity index (χ4n) is 4.40. The van der Waals surface area contributed by atoms with Gasteiger partial charge in [0.05, 0.1) is 34.1 Å². The van der Waals surface area contributed by atoms with Crippen LogP contribution in [0, 0.1) is 0 Å². The van der Waals surface area contributed by atoms with Gasteiger partial charge >= 0.3 is 12.2 Å². The molecule has 13 heteroatoms. The highest BCUT2D eigenvalue weighted by atomic mass is 32.2. The zero-order chi connectivity index (χ0) is 29.5. The molecule has 1 saturated carbocycles. The highest BCUT2D eigenvalue weighted by Crippen LogP contribution is 2.40. The van der Waals surface area contributed by atoms with Gasteiger partial charge in [0.1, 0.15) is 5.75 Å². The van der Waals surface area contributed by atoms with Gasteiger partial charge in [-0.3, -0.25) is 0 Å². The lowest BCUT2D eigenvalue weighted by molar-refractivity contribution is 0.109. The van der Waals surface area contributed by atoms with Crippen molar-refractivity contribution in [3.8, 4) is 16.2 Å². The van der Waals surface area contributed by atoms with Gasteiger partial charge in [-0.25, -0.2) is 27.7 Å². The van der Waals surface area contributed by atoms with E-state index in [4.69, 9.17) is 19.9 Å². The number of rotatable bonds is 11. The molecule has 4 N–H and O–H groups in total. The third-order valence-electron chi connectivity index (χ3n) is 6.02. The van der Waals surface area contributed by atoms with Crippen molar-refractivity contribution in [3.05, 3.63) is 29.4 Å². The van der Waals surface area contributed by atoms with E-state index >= 15 is 0 Å². The predicted molar refractivity (Wildman–Crippen MR) is 153 cm³/mol. The van der Waals surface area contributed by atoms with Crippen LogP contribution >= 0.6 is 11.3 Å². The number of hydrogen-bond donors (Lipinski definition) is 3. The number of hydrogen-bond acceptors (Lipinski definition) is 9. The summed E-state index contributed by atoms with van der Waals surface area (Å²) in [6.07, 6.45) is 4.08. The van der Waals surface area contributed by atoms with Crippen molar-refractivity contribution >= 4 is 33.5 Å². The van der Waals surface area contributed by atoms with Gasteiger partial charge < -0.3 is 25.3 Å². The minimum atomic E-state index is -3.90. The van der Waals surface area contributed by atoms with Gasteiger partial charge in [-0.2, -0.15) is 0 Å². The highest BCUT2D eigenvalue weighted by molar-refractivity contribution is 7.89. The topological polar surface area (TPSA) is 159 Å². The molecule has 0 saturated heterocycles. The van der Waals surface area contributed by atoms with E-state index in [1.54, 1.807) is 39.1 Å². The number of thiazole rings is 1. The number of ether oxygens (including phenoxy) is 3. The molecule has 222 valence electrons. The van der Waals surface area contributed by atoms with Crippen LogP contribution in [0.4, 0.5) is 9.59 Å². The zero-order valence-corrected chi connectivity index (χ0v) is 25.3. The molecule has 2 aromatic rings. The molecule has 1 aliphatic carbocycles. The maximum absolute atomic E-state index is 13.4. The van der Waals surface area contributed by atoms with Gasteiger partial charge in [0.15, 0.2) is 0 Å². The molecule has 0 aliphatic heterocycles. The molecule has 0 unspecified atom stereocenters. The van der Waals surface area contributed by atoms with E-state index in [1.807, 2.05) is 13.8 Å². The molecule has 1 fully saturated rings. The third-order valence-corrected chi connectivity index (χ3v) is 9.01. The quantitative estimate of drug-likeness (QED) is 0.309. The second-order valence-electron chi connectivity index (χ2n) is 11.1. The van der Waals surface area contributed by atoms with E-state index < -0.39 is 21.7 Å². The monoisotopic (exact) mass is 596 g/mol. The lowest BCUT2D eigenvalue weighted by atomic mass is 9.86. The zero-order valence-electron chi connectivity index (χ0n) is 23.7. The van der Waals surface area contributed by atoms with Crippen LogP contribution in [0.3, 0.4) is 0 Å². The Bertz CT molecular complexity index is 1260. The number of carbonyl (C=O) groups excluding carboxylic acids is 2. The molecule has 0 radical (unpaired) electrons. The number of benzene rings is 1. The van der Waals surface area contributed by atoms with Gasteiger partial charge in [0.2, 0.25) is 10.0 Å². The molecule has 1 aliphatic rings. The van der Waals surface area contributed by atoms with Crippen LogP contribution in [-0.4, -0.2) is 56.5 Å². The van der Waals surface area contributed by atoms with Crippen LogP contribution in [0.2, 0.25) is 0 Å². The second-order valence-corrected chi connectivity index (χ2v) is 13.8. The summed E-state index contributed by atoms with van der Waals surface area (Å²) in [5, 5.41) is 3.88. The Kier molecular flexibility index (Phi) is 10.8. The van der Waals surface area contributed by atoms with Crippen LogP contribution in [-0.2, 0) is 19.5 Å². The summed E-state index contributed by atoms with van der Waals surface area (Å²) in [6, 6.07) is 5.01. The van der Waals surface area contributed by atoms with Gasteiger partial charge in [-0.05, 0) is 72.4 Å². The van der Waals surface area contributed by atoms with Gasteiger partial charge in [-0.15, -0.1) is 11.3 Å². The van der Waals surface area contributed by atoms with Crippen molar-refractivity contribution in [2.75, 3.05) is 13.2 Å². The summed E-state index contributed by atoms with van der Waals surface area (Å²) in [5.41, 5.74) is 4.81. The van der Waals surface area contributed by atoms with Crippen LogP contribution < -0.4 is 20.5 Å². The minimum Gasteiger partial charge on any atom is -0.493 e. The van der Waals surface area contributed by atoms with Crippen molar-refractivity contribution in [1.29, 1.82) is 0 Å². The molecule has 0 atom stereocenters. The molecular formula is C27H40N4O7S2. The first-order valence-corrected chi connectivity index (χ1v) is 15.7. The van der Waals surface area contributed by atoms with Gasteiger partial charge in [-0.1, -0.05) is 0 Å². The first-order valence-electron chi connectivity index (χ1n) is 13.4. The number of nitrogens with one attached hydrogen (secondary N) is 2. The van der Waals surface area contributed by atoms with E-state index in [0.29, 0.717) is 17.7 Å². The van der Waals surface area contributed by atoms with E-state index in [-0.39, 0.29) is 42.3 Å². The number of carbonyl (C=O) groups is 2. The molecule has 3 rings (SSSR count). The van der Waals surface area contributed by atoms with Crippen LogP contribution in [0.15, 0.2) is 29.3 Å². The Morgan fingerprint density at radius 1 is 1.15 bits per heavy atom. The SMILES string of the molecule is CC(C)OC(=O)N[C@H]1CC[C@H](c2ncc(-c3ccc(OCCCOC(N)=O)cc3S(=O)(=O)NC(C)(C)C)s2)CC1. The molecule has 0 bridgehead atoms. The molecule has 0 spiro atoms. The number of alkyl carbamates (subject to hydrolysis) is 1. The fourth-order valence-corrected chi connectivity index (χ4v) is 7.24. The van der Waals surface area contributed by atoms with Crippen molar-refractivity contribution in [1.82, 2.24) is 15.0 Å². The summed E-state index contributed by atoms with van der Waals surface area (Å²) in [6.45, 7) is 9.30. The van der Waals surface area contributed by atoms with Crippen LogP contribution in [0.25, 0.3) is 10.4 Å². The van der Waals surface area contributed by atoms with Crippen molar-refractivity contribution < 1.29 is 32.2 Å². The molecule has 2 amide bonds. The molecule has 40 heavy (non-hydrogen) atoms. The second kappa shape index (κ2) is 13.6. The third kappa shape index (κ3) is 9.63. The average Bonchev–Trinajstić information content (AvgIpc) is 3.32. The van der Waals surface area contributed by atoms with Crippen molar-refractivity contribution in [2.45, 2.75) is 95.2 Å². The first kappa shape index (κ1) is 31.6. The minimum absolute atomic E-state index is 0.0667. The molecule has 11 nitrogen and oxygen atoms in total. The van der Waals surface area contributed by atoms with E-state index in [0.717, 1.165) is 35.6 Å². The van der Waals surface area contributed by atoms with E-state index in [2.05, 4.69) is 15.0 Å². The normalized spacial score (nSPS) is 17.9. The standard InChI is InChI=1S/C27H40N4O7S2/c1-17(2)38-26(33)30-19-9-7-18(8-10-19)24-29-16-22(39-24)21-12-11-20(36-13-6-14-37-25(28)32)15-23(21)40(34,35)31-27(3,4)5/h11-12,15-19,31H,6-10,13-14H2,1-5H3,(H2,28,32)(H,30,33)/t18-,19-.